The smallest absolute Gasteiger partial charge is 0.342 e. The first-order chi connectivity index (χ1) is 16.8. The molecule has 0 atom stereocenters. The molecule has 1 aliphatic heterocycles. The third-order valence-corrected chi connectivity index (χ3v) is 5.65. The Morgan fingerprint density at radius 2 is 1.63 bits per heavy atom. The largest absolute Gasteiger partial charge is 0.502 e. The van der Waals surface area contributed by atoms with E-state index in [0.29, 0.717) is 21.2 Å². The summed E-state index contributed by atoms with van der Waals surface area (Å²) in [4.78, 5) is 39.4. The first kappa shape index (κ1) is 23.9. The molecular weight excluding hydrogens is 495 g/mol. The van der Waals surface area contributed by atoms with Gasteiger partial charge >= 0.3 is 5.97 Å². The van der Waals surface area contributed by atoms with Gasteiger partial charge in [0.2, 0.25) is 5.76 Å². The summed E-state index contributed by atoms with van der Waals surface area (Å²) < 4.78 is 6.00. The Hall–Kier alpha value is -4.26. The summed E-state index contributed by atoms with van der Waals surface area (Å²) in [6, 6.07) is 14.0. The van der Waals surface area contributed by atoms with Crippen LogP contribution < -0.4 is 16.3 Å². The summed E-state index contributed by atoms with van der Waals surface area (Å²) in [6.07, 6.45) is 0. The molecule has 2 heterocycles. The number of aliphatic hydroxyl groups is 1. The molecule has 11 heteroatoms. The van der Waals surface area contributed by atoms with Crippen molar-refractivity contribution < 1.29 is 19.4 Å². The lowest BCUT2D eigenvalue weighted by Crippen LogP contribution is -2.34. The maximum atomic E-state index is 13.5. The van der Waals surface area contributed by atoms with Gasteiger partial charge in [0.1, 0.15) is 22.9 Å². The van der Waals surface area contributed by atoms with Crippen LogP contribution in [0.1, 0.15) is 28.4 Å². The number of halogens is 2. The van der Waals surface area contributed by atoms with E-state index in [-0.39, 0.29) is 29.2 Å². The van der Waals surface area contributed by atoms with E-state index in [4.69, 9.17) is 27.9 Å². The maximum absolute atomic E-state index is 13.5. The van der Waals surface area contributed by atoms with E-state index in [1.54, 1.807) is 6.92 Å². The molecule has 3 aromatic rings. The fourth-order valence-corrected chi connectivity index (χ4v) is 3.83. The van der Waals surface area contributed by atoms with Crippen molar-refractivity contribution in [3.8, 4) is 17.2 Å². The Kier molecular flexibility index (Phi) is 6.51. The molecule has 0 fully saturated rings. The van der Waals surface area contributed by atoms with Crippen molar-refractivity contribution in [1.82, 2.24) is 4.68 Å². The summed E-state index contributed by atoms with van der Waals surface area (Å²) in [5.74, 6) is -2.95. The average molecular weight is 511 g/mol. The van der Waals surface area contributed by atoms with E-state index in [2.05, 4.69) is 10.7 Å². The predicted molar refractivity (Wildman–Crippen MR) is 131 cm³/mol. The molecule has 4 rings (SSSR count). The lowest BCUT2D eigenvalue weighted by molar-refractivity contribution is -0.115. The molecule has 9 nitrogen and oxygen atoms in total. The SMILES string of the molecule is CCOC(=O)c1c(-c2ccc(Cl)cc2)c(C#N)c(=O)n2c1NC(=O)C(O)=C(c1ccc(Cl)cc1)N2. The van der Waals surface area contributed by atoms with Crippen LogP contribution in [0.25, 0.3) is 16.8 Å². The number of esters is 1. The van der Waals surface area contributed by atoms with E-state index in [1.807, 2.05) is 6.07 Å². The van der Waals surface area contributed by atoms with Gasteiger partial charge < -0.3 is 15.2 Å². The normalized spacial score (nSPS) is 12.7. The van der Waals surface area contributed by atoms with Crippen LogP contribution in [0.2, 0.25) is 10.0 Å². The molecule has 1 amide bonds. The van der Waals surface area contributed by atoms with E-state index < -0.39 is 28.8 Å². The molecule has 0 bridgehead atoms. The van der Waals surface area contributed by atoms with Crippen molar-refractivity contribution >= 4 is 46.6 Å². The maximum Gasteiger partial charge on any atom is 0.342 e. The number of anilines is 1. The van der Waals surface area contributed by atoms with Crippen LogP contribution in [0.4, 0.5) is 5.82 Å². The number of pyridine rings is 1. The zero-order chi connectivity index (χ0) is 25.3. The van der Waals surface area contributed by atoms with Crippen molar-refractivity contribution in [2.24, 2.45) is 0 Å². The van der Waals surface area contributed by atoms with Crippen molar-refractivity contribution in [3.05, 3.63) is 91.4 Å². The Labute approximate surface area is 208 Å². The zero-order valence-electron chi connectivity index (χ0n) is 18.1. The van der Waals surface area contributed by atoms with Crippen molar-refractivity contribution in [1.29, 1.82) is 5.26 Å². The summed E-state index contributed by atoms with van der Waals surface area (Å²) in [5, 5.41) is 23.8. The molecule has 2 aromatic carbocycles. The number of benzene rings is 2. The highest BCUT2D eigenvalue weighted by Gasteiger charge is 2.33. The van der Waals surface area contributed by atoms with Gasteiger partial charge in [-0.2, -0.15) is 5.26 Å². The summed E-state index contributed by atoms with van der Waals surface area (Å²) in [6.45, 7) is 1.57. The second kappa shape index (κ2) is 9.54. The molecular formula is C24H16Cl2N4O5. The number of nitrogens with one attached hydrogen (secondary N) is 2. The fourth-order valence-electron chi connectivity index (χ4n) is 3.57. The third kappa shape index (κ3) is 4.33. The summed E-state index contributed by atoms with van der Waals surface area (Å²) in [7, 11) is 0. The lowest BCUT2D eigenvalue weighted by Gasteiger charge is -2.20. The van der Waals surface area contributed by atoms with Crippen LogP contribution in [0.15, 0.2) is 59.1 Å². The Balaban J connectivity index is 2.05. The standard InChI is InChI=1S/C24H16Cl2N4O5/c1-2-35-24(34)18-17(12-3-7-14(25)8-4-12)16(11-27)23(33)30-21(18)28-22(32)20(31)19(29-30)13-5-9-15(26)10-6-13/h3-10,29,31H,2H2,1H3,(H,28,32). The number of carbonyl (C=O) groups excluding carboxylic acids is 2. The lowest BCUT2D eigenvalue weighted by atomic mass is 9.96. The van der Waals surface area contributed by atoms with Crippen LogP contribution >= 0.6 is 23.2 Å². The van der Waals surface area contributed by atoms with Gasteiger partial charge in [-0.15, -0.1) is 0 Å². The molecule has 3 N–H and O–H groups in total. The van der Waals surface area contributed by atoms with Gasteiger partial charge in [0.05, 0.1) is 6.61 Å². The van der Waals surface area contributed by atoms with E-state index >= 15 is 0 Å². The number of amides is 1. The molecule has 0 saturated heterocycles. The topological polar surface area (TPSA) is 133 Å². The number of hydrogen-bond donors (Lipinski definition) is 3. The van der Waals surface area contributed by atoms with Crippen molar-refractivity contribution in [2.75, 3.05) is 17.3 Å². The number of fused-ring (bicyclic) bond motifs is 1. The minimum absolute atomic E-state index is 0.0136. The van der Waals surface area contributed by atoms with E-state index in [1.165, 1.54) is 48.5 Å². The highest BCUT2D eigenvalue weighted by molar-refractivity contribution is 6.31. The van der Waals surface area contributed by atoms with E-state index in [9.17, 15) is 24.8 Å². The van der Waals surface area contributed by atoms with Crippen LogP contribution in [0, 0.1) is 11.3 Å². The second-order valence-corrected chi connectivity index (χ2v) is 8.12. The minimum Gasteiger partial charge on any atom is -0.502 e. The van der Waals surface area contributed by atoms with Crippen LogP contribution in [0.3, 0.4) is 0 Å². The van der Waals surface area contributed by atoms with E-state index in [0.717, 1.165) is 4.68 Å². The average Bonchev–Trinajstić information content (AvgIpc) is 2.97. The number of aliphatic hydroxyl groups excluding tert-OH is 1. The third-order valence-electron chi connectivity index (χ3n) is 5.14. The molecule has 0 radical (unpaired) electrons. The monoisotopic (exact) mass is 510 g/mol. The predicted octanol–water partition coefficient (Wildman–Crippen LogP) is 4.29. The number of ether oxygens (including phenoxy) is 1. The van der Waals surface area contributed by atoms with Gasteiger partial charge in [-0.25, -0.2) is 9.47 Å². The van der Waals surface area contributed by atoms with Gasteiger partial charge in [-0.1, -0.05) is 47.5 Å². The minimum atomic E-state index is -0.995. The molecule has 0 saturated carbocycles. The second-order valence-electron chi connectivity index (χ2n) is 7.25. The molecule has 0 spiro atoms. The molecule has 35 heavy (non-hydrogen) atoms. The summed E-state index contributed by atoms with van der Waals surface area (Å²) in [5.41, 5.74) is 1.61. The number of aromatic nitrogens is 1. The highest BCUT2D eigenvalue weighted by atomic mass is 35.5. The molecule has 0 unspecified atom stereocenters. The molecule has 1 aromatic heterocycles. The Bertz CT molecular complexity index is 1490. The zero-order valence-corrected chi connectivity index (χ0v) is 19.6. The fraction of sp³-hybridized carbons (Fsp3) is 0.0833. The first-order valence-electron chi connectivity index (χ1n) is 10.2. The van der Waals surface area contributed by atoms with Crippen LogP contribution in [-0.2, 0) is 9.53 Å². The number of nitrogens with zero attached hydrogens (tertiary/aromatic N) is 2. The highest BCUT2D eigenvalue weighted by Crippen LogP contribution is 2.34. The van der Waals surface area contributed by atoms with Crippen molar-refractivity contribution in [2.45, 2.75) is 6.92 Å². The molecule has 0 aliphatic carbocycles. The number of hydrogen-bond acceptors (Lipinski definition) is 7. The van der Waals surface area contributed by atoms with Crippen LogP contribution in [-0.4, -0.2) is 28.3 Å². The van der Waals surface area contributed by atoms with Crippen molar-refractivity contribution in [3.63, 3.8) is 0 Å². The Morgan fingerprint density at radius 1 is 1.06 bits per heavy atom. The van der Waals surface area contributed by atoms with Gasteiger partial charge in [-0.05, 0) is 36.8 Å². The van der Waals surface area contributed by atoms with Gasteiger partial charge in [0, 0.05) is 21.2 Å². The van der Waals surface area contributed by atoms with Gasteiger partial charge in [-0.3, -0.25) is 15.0 Å². The molecule has 176 valence electrons. The van der Waals surface area contributed by atoms with Gasteiger partial charge in [0.15, 0.2) is 5.82 Å². The number of carbonyl (C=O) groups is 2. The quantitative estimate of drug-likeness (QED) is 0.445. The summed E-state index contributed by atoms with van der Waals surface area (Å²) >= 11 is 11.9. The van der Waals surface area contributed by atoms with Gasteiger partial charge in [0.25, 0.3) is 11.5 Å². The number of nitriles is 1. The Morgan fingerprint density at radius 3 is 2.17 bits per heavy atom. The first-order valence-corrected chi connectivity index (χ1v) is 11.0. The number of rotatable bonds is 4. The molecule has 1 aliphatic rings. The van der Waals surface area contributed by atoms with Crippen LogP contribution in [0.5, 0.6) is 0 Å².